The second-order valence-corrected chi connectivity index (χ2v) is 5.64. The maximum Gasteiger partial charge on any atom is 0.121 e. The molecule has 1 aromatic rings. The molecule has 0 radical (unpaired) electrons. The summed E-state index contributed by atoms with van der Waals surface area (Å²) in [4.78, 5) is 0. The van der Waals surface area contributed by atoms with Crippen LogP contribution in [0.1, 0.15) is 37.4 Å². The Bertz CT molecular complexity index is 388. The monoisotopic (exact) mass is 250 g/mol. The van der Waals surface area contributed by atoms with Crippen molar-refractivity contribution >= 4 is 0 Å². The Kier molecular flexibility index (Phi) is 5.17. The fourth-order valence-electron chi connectivity index (χ4n) is 2.14. The lowest BCUT2D eigenvalue weighted by Gasteiger charge is -2.29. The average Bonchev–Trinajstić information content (AvgIpc) is 2.36. The number of nitrogens with one attached hydrogen (secondary N) is 1. The first-order chi connectivity index (χ1) is 8.43. The van der Waals surface area contributed by atoms with Crippen molar-refractivity contribution in [2.75, 3.05) is 20.7 Å². The molecule has 1 rings (SSSR count). The highest BCUT2D eigenvalue weighted by Crippen LogP contribution is 2.30. The van der Waals surface area contributed by atoms with Crippen LogP contribution in [0.3, 0.4) is 0 Å². The highest BCUT2D eigenvalue weighted by atomic mass is 16.5. The topological polar surface area (TPSA) is 47.3 Å². The number of nitrogens with two attached hydrogens (primary N) is 1. The first-order valence-corrected chi connectivity index (χ1v) is 6.45. The molecule has 3 nitrogen and oxygen atoms in total. The molecule has 3 N–H and O–H groups in total. The second kappa shape index (κ2) is 6.21. The molecule has 0 fully saturated rings. The van der Waals surface area contributed by atoms with Gasteiger partial charge in [-0.05, 0) is 49.5 Å². The fourth-order valence-corrected chi connectivity index (χ4v) is 2.14. The van der Waals surface area contributed by atoms with E-state index < -0.39 is 0 Å². The minimum absolute atomic E-state index is 0.140. The van der Waals surface area contributed by atoms with E-state index in [0.717, 1.165) is 12.2 Å². The van der Waals surface area contributed by atoms with Crippen LogP contribution in [0.25, 0.3) is 0 Å². The molecule has 0 aliphatic heterocycles. The van der Waals surface area contributed by atoms with Crippen LogP contribution < -0.4 is 15.8 Å². The average molecular weight is 250 g/mol. The van der Waals surface area contributed by atoms with Gasteiger partial charge in [0, 0.05) is 6.04 Å². The second-order valence-electron chi connectivity index (χ2n) is 5.64. The van der Waals surface area contributed by atoms with Gasteiger partial charge in [-0.2, -0.15) is 0 Å². The maximum atomic E-state index is 5.82. The Morgan fingerprint density at radius 1 is 1.39 bits per heavy atom. The predicted octanol–water partition coefficient (Wildman–Crippen LogP) is 2.64. The molecule has 0 amide bonds. The van der Waals surface area contributed by atoms with Crippen molar-refractivity contribution in [1.82, 2.24) is 5.32 Å². The Balaban J connectivity index is 2.92. The zero-order valence-electron chi connectivity index (χ0n) is 12.2. The maximum absolute atomic E-state index is 5.82. The van der Waals surface area contributed by atoms with Gasteiger partial charge in [0.1, 0.15) is 5.75 Å². The Labute approximate surface area is 111 Å². The Morgan fingerprint density at radius 2 is 2.06 bits per heavy atom. The van der Waals surface area contributed by atoms with Gasteiger partial charge in [0.15, 0.2) is 0 Å². The van der Waals surface area contributed by atoms with Crippen LogP contribution in [-0.2, 0) is 0 Å². The molecule has 102 valence electrons. The summed E-state index contributed by atoms with van der Waals surface area (Å²) >= 11 is 0. The molecule has 0 saturated heterocycles. The normalized spacial score (nSPS) is 13.4. The van der Waals surface area contributed by atoms with Gasteiger partial charge in [-0.3, -0.25) is 0 Å². The van der Waals surface area contributed by atoms with Gasteiger partial charge in [0.2, 0.25) is 0 Å². The third-order valence-electron chi connectivity index (χ3n) is 3.48. The molecule has 0 aliphatic rings. The highest BCUT2D eigenvalue weighted by Gasteiger charge is 2.22. The van der Waals surface area contributed by atoms with Crippen LogP contribution in [-0.4, -0.2) is 20.7 Å². The number of ether oxygens (including phenoxy) is 1. The van der Waals surface area contributed by atoms with E-state index in [1.807, 2.05) is 13.1 Å². The van der Waals surface area contributed by atoms with Gasteiger partial charge < -0.3 is 15.8 Å². The summed E-state index contributed by atoms with van der Waals surface area (Å²) in [5.41, 5.74) is 8.41. The summed E-state index contributed by atoms with van der Waals surface area (Å²) in [6.45, 7) is 7.17. The van der Waals surface area contributed by atoms with E-state index in [0.29, 0.717) is 12.6 Å². The number of hydrogen-bond donors (Lipinski definition) is 2. The quantitative estimate of drug-likeness (QED) is 0.816. The van der Waals surface area contributed by atoms with Crippen molar-refractivity contribution in [2.24, 2.45) is 11.1 Å². The lowest BCUT2D eigenvalue weighted by atomic mass is 9.83. The van der Waals surface area contributed by atoms with Gasteiger partial charge in [-0.25, -0.2) is 0 Å². The summed E-state index contributed by atoms with van der Waals surface area (Å²) in [5, 5.41) is 3.38. The molecule has 18 heavy (non-hydrogen) atoms. The lowest BCUT2D eigenvalue weighted by Crippen LogP contribution is -2.30. The summed E-state index contributed by atoms with van der Waals surface area (Å²) in [6, 6.07) is 6.67. The first kappa shape index (κ1) is 15.0. The largest absolute Gasteiger partial charge is 0.496 e. The molecule has 0 aromatic heterocycles. The van der Waals surface area contributed by atoms with Crippen LogP contribution in [0.2, 0.25) is 0 Å². The first-order valence-electron chi connectivity index (χ1n) is 6.45. The minimum Gasteiger partial charge on any atom is -0.496 e. The zero-order chi connectivity index (χ0) is 13.8. The standard InChI is InChI=1S/C15H26N2O/c1-11-8-12(6-7-14(11)18-5)13(17-4)9-15(2,3)10-16/h6-8,13,17H,9-10,16H2,1-5H3. The van der Waals surface area contributed by atoms with E-state index in [2.05, 4.69) is 38.2 Å². The van der Waals surface area contributed by atoms with Gasteiger partial charge in [-0.1, -0.05) is 26.0 Å². The van der Waals surface area contributed by atoms with Crippen LogP contribution in [0.15, 0.2) is 18.2 Å². The van der Waals surface area contributed by atoms with Gasteiger partial charge >= 0.3 is 0 Å². The molecule has 1 aromatic carbocycles. The van der Waals surface area contributed by atoms with Crippen molar-refractivity contribution in [3.63, 3.8) is 0 Å². The van der Waals surface area contributed by atoms with Crippen molar-refractivity contribution in [2.45, 2.75) is 33.2 Å². The smallest absolute Gasteiger partial charge is 0.121 e. The summed E-state index contributed by atoms with van der Waals surface area (Å²) in [5.74, 6) is 0.937. The Hall–Kier alpha value is -1.06. The van der Waals surface area contributed by atoms with Crippen molar-refractivity contribution in [1.29, 1.82) is 0 Å². The van der Waals surface area contributed by atoms with E-state index in [-0.39, 0.29) is 5.41 Å². The van der Waals surface area contributed by atoms with E-state index in [9.17, 15) is 0 Å². The zero-order valence-corrected chi connectivity index (χ0v) is 12.2. The van der Waals surface area contributed by atoms with E-state index in [1.54, 1.807) is 7.11 Å². The van der Waals surface area contributed by atoms with Crippen LogP contribution in [0.4, 0.5) is 0 Å². The third-order valence-corrected chi connectivity index (χ3v) is 3.48. The molecule has 0 heterocycles. The van der Waals surface area contributed by atoms with Crippen molar-refractivity contribution in [3.05, 3.63) is 29.3 Å². The van der Waals surface area contributed by atoms with Gasteiger partial charge in [0.05, 0.1) is 7.11 Å². The predicted molar refractivity (Wildman–Crippen MR) is 77.0 cm³/mol. The number of aryl methyl sites for hydroxylation is 1. The molecular formula is C15H26N2O. The summed E-state index contributed by atoms with van der Waals surface area (Å²) < 4.78 is 5.30. The van der Waals surface area contributed by atoms with Crippen LogP contribution in [0.5, 0.6) is 5.75 Å². The molecule has 0 spiro atoms. The fraction of sp³-hybridized carbons (Fsp3) is 0.600. The number of benzene rings is 1. The molecule has 1 unspecified atom stereocenters. The summed E-state index contributed by atoms with van der Waals surface area (Å²) in [6.07, 6.45) is 1.02. The van der Waals surface area contributed by atoms with E-state index in [1.165, 1.54) is 11.1 Å². The highest BCUT2D eigenvalue weighted by molar-refractivity contribution is 5.37. The van der Waals surface area contributed by atoms with Crippen LogP contribution >= 0.6 is 0 Å². The molecule has 0 bridgehead atoms. The minimum atomic E-state index is 0.140. The van der Waals surface area contributed by atoms with Gasteiger partial charge in [0.25, 0.3) is 0 Å². The van der Waals surface area contributed by atoms with Gasteiger partial charge in [-0.15, -0.1) is 0 Å². The molecular weight excluding hydrogens is 224 g/mol. The number of hydrogen-bond acceptors (Lipinski definition) is 3. The number of rotatable bonds is 6. The lowest BCUT2D eigenvalue weighted by molar-refractivity contribution is 0.298. The third kappa shape index (κ3) is 3.72. The molecule has 0 aliphatic carbocycles. The molecule has 3 heteroatoms. The summed E-state index contributed by atoms with van der Waals surface area (Å²) in [7, 11) is 3.70. The van der Waals surface area contributed by atoms with Crippen LogP contribution in [0, 0.1) is 12.3 Å². The number of methoxy groups -OCH3 is 1. The Morgan fingerprint density at radius 3 is 2.50 bits per heavy atom. The molecule has 1 atom stereocenters. The SMILES string of the molecule is CNC(CC(C)(C)CN)c1ccc(OC)c(C)c1. The molecule has 0 saturated carbocycles. The van der Waals surface area contributed by atoms with E-state index >= 15 is 0 Å². The van der Waals surface area contributed by atoms with E-state index in [4.69, 9.17) is 10.5 Å². The van der Waals surface area contributed by atoms with Crippen molar-refractivity contribution < 1.29 is 4.74 Å². The van der Waals surface area contributed by atoms with Crippen molar-refractivity contribution in [3.8, 4) is 5.75 Å².